The lowest BCUT2D eigenvalue weighted by Crippen LogP contribution is -1.88. The van der Waals surface area contributed by atoms with Crippen LogP contribution in [0.4, 0.5) is 0 Å². The van der Waals surface area contributed by atoms with E-state index in [9.17, 15) is 0 Å². The lowest BCUT2D eigenvalue weighted by Gasteiger charge is -2.07. The van der Waals surface area contributed by atoms with E-state index < -0.39 is 0 Å². The minimum atomic E-state index is 0.785. The Labute approximate surface area is 108 Å². The van der Waals surface area contributed by atoms with E-state index >= 15 is 0 Å². The molecule has 1 aliphatic rings. The minimum Gasteiger partial charge on any atom is -0.492 e. The maximum Gasteiger partial charge on any atom is 0.130 e. The van der Waals surface area contributed by atoms with Crippen LogP contribution in [0.15, 0.2) is 54.6 Å². The van der Waals surface area contributed by atoms with Gasteiger partial charge in [0.1, 0.15) is 5.76 Å². The molecule has 1 nitrogen and oxygen atoms in total. The third-order valence-corrected chi connectivity index (χ3v) is 3.31. The molecule has 0 bridgehead atoms. The first-order chi connectivity index (χ1) is 8.84. The molecule has 1 heterocycles. The van der Waals surface area contributed by atoms with E-state index in [1.54, 1.807) is 0 Å². The lowest BCUT2D eigenvalue weighted by molar-refractivity contribution is 0.307. The lowest BCUT2D eigenvalue weighted by atomic mass is 10.00. The Morgan fingerprint density at radius 2 is 1.56 bits per heavy atom. The van der Waals surface area contributed by atoms with E-state index in [1.165, 1.54) is 22.3 Å². The van der Waals surface area contributed by atoms with E-state index in [2.05, 4.69) is 55.5 Å². The molecule has 0 aromatic heterocycles. The molecule has 0 atom stereocenters. The largest absolute Gasteiger partial charge is 0.492 e. The molecule has 0 fully saturated rings. The fourth-order valence-electron chi connectivity index (χ4n) is 2.33. The van der Waals surface area contributed by atoms with Crippen molar-refractivity contribution in [2.24, 2.45) is 0 Å². The van der Waals surface area contributed by atoms with Gasteiger partial charge in [-0.3, -0.25) is 0 Å². The molecule has 0 unspecified atom stereocenters. The second kappa shape index (κ2) is 4.69. The number of hydrogen-bond donors (Lipinski definition) is 0. The molecule has 0 N–H and O–H groups in total. The van der Waals surface area contributed by atoms with Gasteiger partial charge in [-0.25, -0.2) is 0 Å². The van der Waals surface area contributed by atoms with Gasteiger partial charge in [0, 0.05) is 17.6 Å². The van der Waals surface area contributed by atoms with Crippen molar-refractivity contribution in [1.29, 1.82) is 0 Å². The number of ether oxygens (including phenoxy) is 1. The van der Waals surface area contributed by atoms with Crippen LogP contribution in [-0.4, -0.2) is 6.61 Å². The van der Waals surface area contributed by atoms with Gasteiger partial charge in [-0.2, -0.15) is 0 Å². The zero-order valence-electron chi connectivity index (χ0n) is 10.5. The van der Waals surface area contributed by atoms with Gasteiger partial charge in [-0.1, -0.05) is 60.2 Å². The molecule has 0 saturated heterocycles. The molecule has 2 aromatic carbocycles. The summed E-state index contributed by atoms with van der Waals surface area (Å²) in [4.78, 5) is 0. The molecule has 18 heavy (non-hydrogen) atoms. The number of rotatable bonds is 2. The maximum absolute atomic E-state index is 5.83. The molecule has 90 valence electrons. The van der Waals surface area contributed by atoms with Crippen molar-refractivity contribution in [3.63, 3.8) is 0 Å². The normalized spacial score (nSPS) is 14.7. The van der Waals surface area contributed by atoms with Crippen molar-refractivity contribution >= 4 is 11.3 Å². The van der Waals surface area contributed by atoms with Crippen molar-refractivity contribution in [1.82, 2.24) is 0 Å². The first-order valence-corrected chi connectivity index (χ1v) is 6.33. The Hall–Kier alpha value is -2.02. The summed E-state index contributed by atoms with van der Waals surface area (Å²) in [5.41, 5.74) is 5.04. The van der Waals surface area contributed by atoms with Crippen LogP contribution in [0.3, 0.4) is 0 Å². The molecule has 2 aromatic rings. The standard InChI is InChI=1S/C17H16O/c1-13-7-9-15(10-8-13)17-16(11-12-18-17)14-5-3-2-4-6-14/h2-10H,11-12H2,1H3. The highest BCUT2D eigenvalue weighted by molar-refractivity contribution is 5.89. The van der Waals surface area contributed by atoms with Crippen LogP contribution in [0.5, 0.6) is 0 Å². The Morgan fingerprint density at radius 3 is 2.28 bits per heavy atom. The highest BCUT2D eigenvalue weighted by atomic mass is 16.5. The summed E-state index contributed by atoms with van der Waals surface area (Å²) < 4.78 is 5.83. The minimum absolute atomic E-state index is 0.785. The fraction of sp³-hybridized carbons (Fsp3) is 0.176. The van der Waals surface area contributed by atoms with Gasteiger partial charge < -0.3 is 4.74 Å². The molecular formula is C17H16O. The maximum atomic E-state index is 5.83. The van der Waals surface area contributed by atoms with Gasteiger partial charge >= 0.3 is 0 Å². The first kappa shape index (κ1) is 11.1. The second-order valence-corrected chi connectivity index (χ2v) is 4.64. The Kier molecular flexibility index (Phi) is 2.89. The average Bonchev–Trinajstić information content (AvgIpc) is 2.90. The second-order valence-electron chi connectivity index (χ2n) is 4.64. The third kappa shape index (κ3) is 2.04. The monoisotopic (exact) mass is 236 g/mol. The molecule has 1 heteroatoms. The quantitative estimate of drug-likeness (QED) is 0.756. The van der Waals surface area contributed by atoms with E-state index in [0.717, 1.165) is 18.8 Å². The number of hydrogen-bond acceptors (Lipinski definition) is 1. The van der Waals surface area contributed by atoms with Crippen LogP contribution >= 0.6 is 0 Å². The van der Waals surface area contributed by atoms with Gasteiger partial charge in [0.15, 0.2) is 0 Å². The highest BCUT2D eigenvalue weighted by Gasteiger charge is 2.18. The summed E-state index contributed by atoms with van der Waals surface area (Å²) in [6.45, 7) is 2.89. The summed E-state index contributed by atoms with van der Waals surface area (Å²) >= 11 is 0. The van der Waals surface area contributed by atoms with Gasteiger partial charge in [0.2, 0.25) is 0 Å². The van der Waals surface area contributed by atoms with E-state index in [4.69, 9.17) is 4.74 Å². The summed E-state index contributed by atoms with van der Waals surface area (Å²) in [6.07, 6.45) is 0.993. The molecule has 0 spiro atoms. The SMILES string of the molecule is Cc1ccc(C2=C(c3ccccc3)CCO2)cc1. The fourth-order valence-corrected chi connectivity index (χ4v) is 2.33. The summed E-state index contributed by atoms with van der Waals surface area (Å²) in [6, 6.07) is 19.0. The van der Waals surface area contributed by atoms with E-state index in [0.29, 0.717) is 0 Å². The molecule has 0 saturated carbocycles. The predicted molar refractivity (Wildman–Crippen MR) is 75.0 cm³/mol. The highest BCUT2D eigenvalue weighted by Crippen LogP contribution is 2.34. The van der Waals surface area contributed by atoms with Crippen LogP contribution in [0.25, 0.3) is 11.3 Å². The van der Waals surface area contributed by atoms with Gasteiger partial charge in [-0.15, -0.1) is 0 Å². The Morgan fingerprint density at radius 1 is 0.833 bits per heavy atom. The van der Waals surface area contributed by atoms with Crippen LogP contribution in [0.2, 0.25) is 0 Å². The van der Waals surface area contributed by atoms with Crippen LogP contribution in [0.1, 0.15) is 23.1 Å². The van der Waals surface area contributed by atoms with Crippen LogP contribution in [0, 0.1) is 6.92 Å². The number of aryl methyl sites for hydroxylation is 1. The van der Waals surface area contributed by atoms with Gasteiger partial charge in [0.05, 0.1) is 6.61 Å². The smallest absolute Gasteiger partial charge is 0.130 e. The zero-order valence-corrected chi connectivity index (χ0v) is 10.5. The molecule has 0 amide bonds. The molecule has 1 aliphatic heterocycles. The average molecular weight is 236 g/mol. The van der Waals surface area contributed by atoms with Gasteiger partial charge in [0.25, 0.3) is 0 Å². The van der Waals surface area contributed by atoms with E-state index in [-0.39, 0.29) is 0 Å². The van der Waals surface area contributed by atoms with Crippen molar-refractivity contribution in [2.45, 2.75) is 13.3 Å². The van der Waals surface area contributed by atoms with Crippen molar-refractivity contribution in [3.05, 3.63) is 71.3 Å². The Balaban J connectivity index is 2.06. The van der Waals surface area contributed by atoms with E-state index in [1.807, 2.05) is 6.07 Å². The molecule has 0 aliphatic carbocycles. The summed E-state index contributed by atoms with van der Waals surface area (Å²) in [5.74, 6) is 1.04. The third-order valence-electron chi connectivity index (χ3n) is 3.31. The first-order valence-electron chi connectivity index (χ1n) is 6.33. The summed E-state index contributed by atoms with van der Waals surface area (Å²) in [5, 5.41) is 0. The van der Waals surface area contributed by atoms with Crippen LogP contribution in [-0.2, 0) is 4.74 Å². The molecule has 0 radical (unpaired) electrons. The molecule has 3 rings (SSSR count). The zero-order chi connectivity index (χ0) is 12.4. The molecular weight excluding hydrogens is 220 g/mol. The van der Waals surface area contributed by atoms with Crippen molar-refractivity contribution in [2.75, 3.05) is 6.61 Å². The van der Waals surface area contributed by atoms with Crippen molar-refractivity contribution in [3.8, 4) is 0 Å². The van der Waals surface area contributed by atoms with Gasteiger partial charge in [-0.05, 0) is 12.5 Å². The summed E-state index contributed by atoms with van der Waals surface area (Å²) in [7, 11) is 0. The predicted octanol–water partition coefficient (Wildman–Crippen LogP) is 4.28. The topological polar surface area (TPSA) is 9.23 Å². The van der Waals surface area contributed by atoms with Crippen LogP contribution < -0.4 is 0 Å². The Bertz CT molecular complexity index is 564. The van der Waals surface area contributed by atoms with Crippen molar-refractivity contribution < 1.29 is 4.74 Å². The number of benzene rings is 2.